The number of phenolic OH excluding ortho intramolecular Hbond substituents is 1. The Balaban J connectivity index is 2.43. The van der Waals surface area contributed by atoms with Crippen molar-refractivity contribution in [2.45, 2.75) is 18.2 Å². The summed E-state index contributed by atoms with van der Waals surface area (Å²) in [5.74, 6) is -1.42. The number of alkyl halides is 3. The van der Waals surface area contributed by atoms with Gasteiger partial charge in [-0.1, -0.05) is 17.7 Å². The first-order chi connectivity index (χ1) is 11.0. The molecule has 2 aromatic rings. The SMILES string of the molecule is Cc1ccc(S(=O)(=O)Nc2ccc(O)cc2OC(F)(F)F)c(Cl)c1. The number of nitrogens with one attached hydrogen (secondary N) is 1. The number of ether oxygens (including phenoxy) is 1. The Hall–Kier alpha value is -2.13. The van der Waals surface area contributed by atoms with E-state index in [0.29, 0.717) is 11.6 Å². The van der Waals surface area contributed by atoms with Gasteiger partial charge < -0.3 is 9.84 Å². The molecule has 2 N–H and O–H groups in total. The largest absolute Gasteiger partial charge is 0.573 e. The first-order valence-electron chi connectivity index (χ1n) is 6.36. The molecular formula is C14H11ClF3NO4S. The van der Waals surface area contributed by atoms with Crippen molar-refractivity contribution < 1.29 is 31.4 Å². The number of rotatable bonds is 4. The highest BCUT2D eigenvalue weighted by atomic mass is 35.5. The van der Waals surface area contributed by atoms with E-state index in [1.165, 1.54) is 18.2 Å². The number of anilines is 1. The van der Waals surface area contributed by atoms with Crippen molar-refractivity contribution in [1.29, 1.82) is 0 Å². The van der Waals surface area contributed by atoms with Crippen LogP contribution in [0.4, 0.5) is 18.9 Å². The van der Waals surface area contributed by atoms with Crippen molar-refractivity contribution in [1.82, 2.24) is 0 Å². The van der Waals surface area contributed by atoms with Crippen LogP contribution in [0.3, 0.4) is 0 Å². The van der Waals surface area contributed by atoms with Crippen molar-refractivity contribution >= 4 is 27.3 Å². The standard InChI is InChI=1S/C14H11ClF3NO4S/c1-8-2-5-13(10(15)6-8)24(21,22)19-11-4-3-9(20)7-12(11)23-14(16,17)18/h2-7,19-20H,1H3. The molecule has 0 amide bonds. The quantitative estimate of drug-likeness (QED) is 0.783. The van der Waals surface area contributed by atoms with E-state index >= 15 is 0 Å². The Morgan fingerprint density at radius 2 is 1.83 bits per heavy atom. The first-order valence-corrected chi connectivity index (χ1v) is 8.22. The Morgan fingerprint density at radius 3 is 2.42 bits per heavy atom. The van der Waals surface area contributed by atoms with E-state index in [0.717, 1.165) is 12.1 Å². The molecule has 0 aromatic heterocycles. The van der Waals surface area contributed by atoms with Crippen LogP contribution in [0, 0.1) is 6.92 Å². The van der Waals surface area contributed by atoms with E-state index in [4.69, 9.17) is 11.6 Å². The van der Waals surface area contributed by atoms with Gasteiger partial charge in [0.1, 0.15) is 10.6 Å². The molecule has 0 aliphatic carbocycles. The molecule has 0 radical (unpaired) electrons. The monoisotopic (exact) mass is 381 g/mol. The number of benzene rings is 2. The van der Waals surface area contributed by atoms with Gasteiger partial charge >= 0.3 is 6.36 Å². The molecule has 0 atom stereocenters. The lowest BCUT2D eigenvalue weighted by Crippen LogP contribution is -2.20. The summed E-state index contributed by atoms with van der Waals surface area (Å²) in [6, 6.07) is 6.71. The van der Waals surface area contributed by atoms with Gasteiger partial charge in [-0.25, -0.2) is 8.42 Å². The minimum Gasteiger partial charge on any atom is -0.508 e. The molecule has 0 aliphatic rings. The maximum absolute atomic E-state index is 12.4. The summed E-state index contributed by atoms with van der Waals surface area (Å²) in [5, 5.41) is 9.19. The zero-order valence-corrected chi connectivity index (χ0v) is 13.6. The number of halogens is 4. The fraction of sp³-hybridized carbons (Fsp3) is 0.143. The van der Waals surface area contributed by atoms with Crippen molar-refractivity contribution in [3.63, 3.8) is 0 Å². The predicted octanol–water partition coefficient (Wildman–Crippen LogP) is 4.05. The van der Waals surface area contributed by atoms with Gasteiger partial charge in [0.15, 0.2) is 5.75 Å². The number of aryl methyl sites for hydroxylation is 1. The number of sulfonamides is 1. The van der Waals surface area contributed by atoms with Crippen LogP contribution >= 0.6 is 11.6 Å². The summed E-state index contributed by atoms with van der Waals surface area (Å²) in [6.45, 7) is 1.70. The molecule has 24 heavy (non-hydrogen) atoms. The maximum atomic E-state index is 12.4. The molecule has 2 aromatic carbocycles. The number of aromatic hydroxyl groups is 1. The summed E-state index contributed by atoms with van der Waals surface area (Å²) in [6.07, 6.45) is -5.06. The van der Waals surface area contributed by atoms with Gasteiger partial charge in [0.25, 0.3) is 10.0 Å². The van der Waals surface area contributed by atoms with Crippen molar-refractivity contribution in [2.24, 2.45) is 0 Å². The summed E-state index contributed by atoms with van der Waals surface area (Å²) in [7, 11) is -4.26. The van der Waals surface area contributed by atoms with Crippen LogP contribution in [0.15, 0.2) is 41.3 Å². The molecule has 2 rings (SSSR count). The lowest BCUT2D eigenvalue weighted by Gasteiger charge is -2.15. The van der Waals surface area contributed by atoms with E-state index < -0.39 is 33.6 Å². The van der Waals surface area contributed by atoms with Crippen LogP contribution in [-0.4, -0.2) is 19.9 Å². The molecule has 0 saturated heterocycles. The van der Waals surface area contributed by atoms with Crippen molar-refractivity contribution in [3.05, 3.63) is 47.0 Å². The molecule has 10 heteroatoms. The van der Waals surface area contributed by atoms with Gasteiger partial charge in [-0.2, -0.15) is 0 Å². The number of hydrogen-bond acceptors (Lipinski definition) is 4. The van der Waals surface area contributed by atoms with E-state index in [2.05, 4.69) is 4.74 Å². The minimum atomic E-state index is -5.06. The second-order valence-corrected chi connectivity index (χ2v) is 6.83. The van der Waals surface area contributed by atoms with Crippen molar-refractivity contribution in [2.75, 3.05) is 4.72 Å². The van der Waals surface area contributed by atoms with Gasteiger partial charge in [0.2, 0.25) is 0 Å². The zero-order valence-electron chi connectivity index (χ0n) is 12.1. The molecule has 0 unspecified atom stereocenters. The summed E-state index contributed by atoms with van der Waals surface area (Å²) in [5.41, 5.74) is 0.214. The Morgan fingerprint density at radius 1 is 1.17 bits per heavy atom. The highest BCUT2D eigenvalue weighted by Gasteiger charge is 2.33. The molecule has 0 heterocycles. The summed E-state index contributed by atoms with van der Waals surface area (Å²) >= 11 is 5.88. The van der Waals surface area contributed by atoms with Crippen molar-refractivity contribution in [3.8, 4) is 11.5 Å². The lowest BCUT2D eigenvalue weighted by atomic mass is 10.2. The fourth-order valence-electron chi connectivity index (χ4n) is 1.83. The topological polar surface area (TPSA) is 75.6 Å². The van der Waals surface area contributed by atoms with E-state index in [1.54, 1.807) is 6.92 Å². The van der Waals surface area contributed by atoms with Gasteiger partial charge in [0, 0.05) is 6.07 Å². The van der Waals surface area contributed by atoms with Gasteiger partial charge in [-0.15, -0.1) is 13.2 Å². The molecular weight excluding hydrogens is 371 g/mol. The van der Waals surface area contributed by atoms with E-state index in [1.807, 2.05) is 4.72 Å². The van der Waals surface area contributed by atoms with E-state index in [-0.39, 0.29) is 9.92 Å². The molecule has 0 bridgehead atoms. The van der Waals surface area contributed by atoms with Gasteiger partial charge in [-0.05, 0) is 36.8 Å². The van der Waals surface area contributed by atoms with Gasteiger partial charge in [0.05, 0.1) is 10.7 Å². The average Bonchev–Trinajstić information content (AvgIpc) is 2.39. The number of phenols is 1. The minimum absolute atomic E-state index is 0.0837. The second kappa shape index (κ2) is 6.40. The molecule has 5 nitrogen and oxygen atoms in total. The first kappa shape index (κ1) is 18.2. The third-order valence-corrected chi connectivity index (χ3v) is 4.66. The number of hydrogen-bond donors (Lipinski definition) is 2. The Kier molecular flexibility index (Phi) is 4.86. The molecule has 0 saturated carbocycles. The molecule has 0 aliphatic heterocycles. The molecule has 0 fully saturated rings. The van der Waals surface area contributed by atoms with E-state index in [9.17, 15) is 26.7 Å². The van der Waals surface area contributed by atoms with Crippen LogP contribution < -0.4 is 9.46 Å². The highest BCUT2D eigenvalue weighted by molar-refractivity contribution is 7.92. The van der Waals surface area contributed by atoms with Crippen LogP contribution in [0.2, 0.25) is 5.02 Å². The lowest BCUT2D eigenvalue weighted by molar-refractivity contribution is -0.274. The Bertz CT molecular complexity index is 869. The van der Waals surface area contributed by atoms with Crippen LogP contribution in [-0.2, 0) is 10.0 Å². The Labute approximate surface area is 140 Å². The molecule has 130 valence electrons. The third kappa shape index (κ3) is 4.45. The van der Waals surface area contributed by atoms with Crippen LogP contribution in [0.25, 0.3) is 0 Å². The molecule has 0 spiro atoms. The van der Waals surface area contributed by atoms with Crippen LogP contribution in [0.1, 0.15) is 5.56 Å². The summed E-state index contributed by atoms with van der Waals surface area (Å²) in [4.78, 5) is -0.305. The third-order valence-electron chi connectivity index (χ3n) is 2.81. The summed E-state index contributed by atoms with van der Waals surface area (Å²) < 4.78 is 67.6. The fourth-order valence-corrected chi connectivity index (χ4v) is 3.50. The second-order valence-electron chi connectivity index (χ2n) is 4.77. The normalized spacial score (nSPS) is 12.0. The average molecular weight is 382 g/mol. The predicted molar refractivity (Wildman–Crippen MR) is 81.8 cm³/mol. The van der Waals surface area contributed by atoms with Crippen LogP contribution in [0.5, 0.6) is 11.5 Å². The zero-order chi connectivity index (χ0) is 18.1. The highest BCUT2D eigenvalue weighted by Crippen LogP contribution is 2.35. The van der Waals surface area contributed by atoms with Gasteiger partial charge in [-0.3, -0.25) is 4.72 Å². The maximum Gasteiger partial charge on any atom is 0.573 e. The smallest absolute Gasteiger partial charge is 0.508 e.